The summed E-state index contributed by atoms with van der Waals surface area (Å²) in [7, 11) is 0. The molecule has 3 rings (SSSR count). The number of carbonyl (C=O) groups excluding carboxylic acids is 2. The van der Waals surface area contributed by atoms with Gasteiger partial charge in [-0.1, -0.05) is 38.1 Å². The van der Waals surface area contributed by atoms with Crippen LogP contribution in [0.5, 0.6) is 5.75 Å². The van der Waals surface area contributed by atoms with E-state index in [0.29, 0.717) is 52.5 Å². The fourth-order valence-corrected chi connectivity index (χ4v) is 4.65. The van der Waals surface area contributed by atoms with Crippen LogP contribution in [0.3, 0.4) is 0 Å². The largest absolute Gasteiger partial charge is 0.497 e. The maximum atomic E-state index is 13.2. The summed E-state index contributed by atoms with van der Waals surface area (Å²) in [6.07, 6.45) is 4.58. The Morgan fingerprint density at radius 3 is 2.24 bits per heavy atom. The minimum atomic E-state index is -0.0938. The molecule has 206 valence electrons. The van der Waals surface area contributed by atoms with E-state index in [1.54, 1.807) is 0 Å². The molecule has 0 aromatic heterocycles. The van der Waals surface area contributed by atoms with Crippen LogP contribution in [-0.4, -0.2) is 51.7 Å². The van der Waals surface area contributed by atoms with Gasteiger partial charge in [0.2, 0.25) is 0 Å². The molecule has 1 aliphatic carbocycles. The van der Waals surface area contributed by atoms with E-state index in [2.05, 4.69) is 32.0 Å². The second kappa shape index (κ2) is 14.8. The van der Waals surface area contributed by atoms with Crippen molar-refractivity contribution in [1.29, 1.82) is 0 Å². The molecule has 0 aliphatic heterocycles. The van der Waals surface area contributed by atoms with E-state index in [-0.39, 0.29) is 11.2 Å². The fourth-order valence-electron chi connectivity index (χ4n) is 4.65. The summed E-state index contributed by atoms with van der Waals surface area (Å²) >= 11 is 0. The van der Waals surface area contributed by atoms with Gasteiger partial charge in [-0.05, 0) is 72.6 Å². The van der Waals surface area contributed by atoms with E-state index in [1.807, 2.05) is 38.1 Å². The smallest absolute Gasteiger partial charge is 0.167 e. The normalized spacial score (nSPS) is 15.0. The van der Waals surface area contributed by atoms with Crippen LogP contribution in [0.15, 0.2) is 48.2 Å². The van der Waals surface area contributed by atoms with Crippen molar-refractivity contribution in [1.82, 2.24) is 0 Å². The van der Waals surface area contributed by atoms with Gasteiger partial charge in [0, 0.05) is 25.9 Å². The summed E-state index contributed by atoms with van der Waals surface area (Å²) in [5.74, 6) is 1.74. The zero-order chi connectivity index (χ0) is 27.4. The van der Waals surface area contributed by atoms with Crippen molar-refractivity contribution in [2.45, 2.75) is 59.8 Å². The Kier molecular flexibility index (Phi) is 11.6. The minimum Gasteiger partial charge on any atom is -0.497 e. The summed E-state index contributed by atoms with van der Waals surface area (Å²) < 4.78 is 22.8. The Bertz CT molecular complexity index is 1080. The maximum absolute atomic E-state index is 13.2. The highest BCUT2D eigenvalue weighted by Gasteiger charge is 2.35. The van der Waals surface area contributed by atoms with Crippen LogP contribution in [0.2, 0.25) is 0 Å². The number of ether oxygens (including phenoxy) is 4. The Balaban J connectivity index is 1.56. The number of ketones is 1. The van der Waals surface area contributed by atoms with Crippen molar-refractivity contribution < 1.29 is 28.5 Å². The maximum Gasteiger partial charge on any atom is 0.167 e. The first kappa shape index (κ1) is 29.6. The van der Waals surface area contributed by atoms with Crippen molar-refractivity contribution in [3.05, 3.63) is 59.4 Å². The lowest BCUT2D eigenvalue weighted by molar-refractivity contribution is -0.116. The number of benzene rings is 2. The Morgan fingerprint density at radius 2 is 1.53 bits per heavy atom. The number of aldehydes is 1. The van der Waals surface area contributed by atoms with Crippen LogP contribution in [0.25, 0.3) is 16.7 Å². The molecule has 0 atom stereocenters. The molecule has 0 amide bonds. The standard InChI is InChI=1S/C32H42O6/c1-5-37-30-23-32(3,4)22-29(34)31(30)28-21-26(10-9-24(28)2)25-11-13-27(14-12-25)38-20-19-36-18-17-35-16-8-6-7-15-33/h9-15,21H,5-8,16-20,22-23H2,1-4H3. The summed E-state index contributed by atoms with van der Waals surface area (Å²) in [4.78, 5) is 23.5. The molecule has 1 aliphatic rings. The molecular weight excluding hydrogens is 480 g/mol. The van der Waals surface area contributed by atoms with Gasteiger partial charge in [-0.2, -0.15) is 0 Å². The van der Waals surface area contributed by atoms with Gasteiger partial charge in [0.15, 0.2) is 5.78 Å². The monoisotopic (exact) mass is 522 g/mol. The predicted octanol–water partition coefficient (Wildman–Crippen LogP) is 6.58. The van der Waals surface area contributed by atoms with Crippen LogP contribution >= 0.6 is 0 Å². The average molecular weight is 523 g/mol. The highest BCUT2D eigenvalue weighted by Crippen LogP contribution is 2.42. The summed E-state index contributed by atoms with van der Waals surface area (Å²) in [5.41, 5.74) is 4.76. The van der Waals surface area contributed by atoms with E-state index in [9.17, 15) is 9.59 Å². The quantitative estimate of drug-likeness (QED) is 0.183. The SMILES string of the molecule is CCOC1=C(c2cc(-c3ccc(OCCOCCOCCCCC=O)cc3)ccc2C)C(=O)CC(C)(C)C1. The van der Waals surface area contributed by atoms with E-state index in [0.717, 1.165) is 64.9 Å². The number of allylic oxidation sites excluding steroid dienone is 2. The molecule has 0 saturated heterocycles. The molecule has 6 nitrogen and oxygen atoms in total. The zero-order valence-corrected chi connectivity index (χ0v) is 23.3. The summed E-state index contributed by atoms with van der Waals surface area (Å²) in [6, 6.07) is 14.2. The predicted molar refractivity (Wildman–Crippen MR) is 150 cm³/mol. The Morgan fingerprint density at radius 1 is 0.842 bits per heavy atom. The number of unbranched alkanes of at least 4 members (excludes halogenated alkanes) is 2. The average Bonchev–Trinajstić information content (AvgIpc) is 2.88. The molecule has 0 spiro atoms. The molecule has 0 unspecified atom stereocenters. The molecule has 0 heterocycles. The summed E-state index contributed by atoms with van der Waals surface area (Å²) in [6.45, 7) is 11.5. The lowest BCUT2D eigenvalue weighted by Crippen LogP contribution is -2.26. The van der Waals surface area contributed by atoms with E-state index < -0.39 is 0 Å². The van der Waals surface area contributed by atoms with Crippen molar-refractivity contribution in [2.24, 2.45) is 5.41 Å². The fraction of sp³-hybridized carbons (Fsp3) is 0.500. The Labute approximate surface area is 227 Å². The molecule has 0 bridgehead atoms. The van der Waals surface area contributed by atoms with Crippen LogP contribution in [0.4, 0.5) is 0 Å². The van der Waals surface area contributed by atoms with Gasteiger partial charge in [-0.25, -0.2) is 0 Å². The molecule has 6 heteroatoms. The first-order valence-corrected chi connectivity index (χ1v) is 13.7. The van der Waals surface area contributed by atoms with Crippen LogP contribution in [0, 0.1) is 12.3 Å². The lowest BCUT2D eigenvalue weighted by Gasteiger charge is -2.32. The molecule has 0 fully saturated rings. The Hall–Kier alpha value is -2.96. The summed E-state index contributed by atoms with van der Waals surface area (Å²) in [5, 5.41) is 0. The number of aryl methyl sites for hydroxylation is 1. The molecule has 0 N–H and O–H groups in total. The van der Waals surface area contributed by atoms with Gasteiger partial charge in [-0.3, -0.25) is 4.79 Å². The number of rotatable bonds is 16. The third kappa shape index (κ3) is 8.81. The van der Waals surface area contributed by atoms with E-state index in [1.165, 1.54) is 0 Å². The highest BCUT2D eigenvalue weighted by atomic mass is 16.5. The van der Waals surface area contributed by atoms with Crippen molar-refractivity contribution in [3.8, 4) is 16.9 Å². The molecule has 2 aromatic rings. The first-order chi connectivity index (χ1) is 18.3. The van der Waals surface area contributed by atoms with Crippen molar-refractivity contribution in [2.75, 3.05) is 39.6 Å². The third-order valence-corrected chi connectivity index (χ3v) is 6.58. The molecule has 0 radical (unpaired) electrons. The van der Waals surface area contributed by atoms with E-state index in [4.69, 9.17) is 18.9 Å². The minimum absolute atomic E-state index is 0.0938. The van der Waals surface area contributed by atoms with Gasteiger partial charge in [0.1, 0.15) is 24.4 Å². The number of carbonyl (C=O) groups is 2. The molecule has 0 saturated carbocycles. The zero-order valence-electron chi connectivity index (χ0n) is 23.3. The number of hydrogen-bond acceptors (Lipinski definition) is 6. The lowest BCUT2D eigenvalue weighted by atomic mass is 9.74. The van der Waals surface area contributed by atoms with Crippen LogP contribution in [0.1, 0.15) is 64.0 Å². The topological polar surface area (TPSA) is 71.1 Å². The second-order valence-electron chi connectivity index (χ2n) is 10.5. The second-order valence-corrected chi connectivity index (χ2v) is 10.5. The first-order valence-electron chi connectivity index (χ1n) is 13.7. The number of Topliss-reactive ketones (excluding diaryl/α,β-unsaturated/α-hetero) is 1. The number of hydrogen-bond donors (Lipinski definition) is 0. The van der Waals surface area contributed by atoms with Gasteiger partial charge < -0.3 is 23.7 Å². The van der Waals surface area contributed by atoms with Gasteiger partial charge >= 0.3 is 0 Å². The van der Waals surface area contributed by atoms with Crippen LogP contribution in [-0.2, 0) is 23.8 Å². The van der Waals surface area contributed by atoms with Gasteiger partial charge in [0.25, 0.3) is 0 Å². The molecular formula is C32H42O6. The highest BCUT2D eigenvalue weighted by molar-refractivity contribution is 6.22. The molecule has 38 heavy (non-hydrogen) atoms. The third-order valence-electron chi connectivity index (χ3n) is 6.58. The van der Waals surface area contributed by atoms with Gasteiger partial charge in [-0.15, -0.1) is 0 Å². The van der Waals surface area contributed by atoms with Crippen LogP contribution < -0.4 is 4.74 Å². The van der Waals surface area contributed by atoms with Crippen molar-refractivity contribution in [3.63, 3.8) is 0 Å². The molecule has 2 aromatic carbocycles. The van der Waals surface area contributed by atoms with E-state index >= 15 is 0 Å². The van der Waals surface area contributed by atoms with Gasteiger partial charge in [0.05, 0.1) is 32.0 Å². The van der Waals surface area contributed by atoms with Crippen molar-refractivity contribution >= 4 is 17.6 Å².